The van der Waals surface area contributed by atoms with Crippen LogP contribution in [-0.4, -0.2) is 56.6 Å². The third kappa shape index (κ3) is 6.40. The number of amides is 2. The lowest BCUT2D eigenvalue weighted by Gasteiger charge is -2.30. The highest BCUT2D eigenvalue weighted by molar-refractivity contribution is 6.30. The molecule has 2 atom stereocenters. The largest absolute Gasteiger partial charge is 0.395 e. The Morgan fingerprint density at radius 2 is 1.75 bits per heavy atom. The average molecular weight is 524 g/mol. The minimum Gasteiger partial charge on any atom is -0.355 e. The summed E-state index contributed by atoms with van der Waals surface area (Å²) in [4.78, 5) is 26.8. The van der Waals surface area contributed by atoms with Gasteiger partial charge >= 0.3 is 6.18 Å². The van der Waals surface area contributed by atoms with E-state index in [0.29, 0.717) is 22.6 Å². The molecule has 1 fully saturated rings. The van der Waals surface area contributed by atoms with Gasteiger partial charge in [0.15, 0.2) is 0 Å². The van der Waals surface area contributed by atoms with Crippen LogP contribution in [0.5, 0.6) is 0 Å². The van der Waals surface area contributed by atoms with Crippen LogP contribution in [0.4, 0.5) is 13.2 Å². The van der Waals surface area contributed by atoms with Crippen molar-refractivity contribution in [2.24, 2.45) is 5.41 Å². The van der Waals surface area contributed by atoms with Gasteiger partial charge in [0.2, 0.25) is 5.91 Å². The van der Waals surface area contributed by atoms with E-state index in [0.717, 1.165) is 11.1 Å². The zero-order valence-corrected chi connectivity index (χ0v) is 21.8. The molecule has 0 heterocycles. The fourth-order valence-electron chi connectivity index (χ4n) is 4.68. The number of alkyl halides is 3. The van der Waals surface area contributed by atoms with E-state index < -0.39 is 23.4 Å². The molecular weight excluding hydrogens is 491 g/mol. The molecule has 9 heteroatoms. The van der Waals surface area contributed by atoms with Gasteiger partial charge in [-0.05, 0) is 81.2 Å². The maximum atomic E-state index is 14.0. The van der Waals surface area contributed by atoms with Gasteiger partial charge in [0.1, 0.15) is 0 Å². The van der Waals surface area contributed by atoms with Crippen LogP contribution in [0, 0.1) is 12.3 Å². The van der Waals surface area contributed by atoms with Crippen molar-refractivity contribution in [2.45, 2.75) is 50.7 Å². The molecule has 1 aliphatic carbocycles. The molecule has 36 heavy (non-hydrogen) atoms. The molecule has 3 rings (SSSR count). The molecule has 196 valence electrons. The predicted octanol–water partition coefficient (Wildman–Crippen LogP) is 5.11. The minimum absolute atomic E-state index is 0.0166. The van der Waals surface area contributed by atoms with Crippen molar-refractivity contribution in [1.29, 1.82) is 0 Å². The van der Waals surface area contributed by atoms with Crippen LogP contribution in [0.25, 0.3) is 0 Å². The number of halogens is 4. The van der Waals surface area contributed by atoms with Crippen molar-refractivity contribution < 1.29 is 22.8 Å². The summed E-state index contributed by atoms with van der Waals surface area (Å²) in [7, 11) is 5.36. The van der Waals surface area contributed by atoms with Crippen molar-refractivity contribution in [2.75, 3.05) is 27.7 Å². The summed E-state index contributed by atoms with van der Waals surface area (Å²) in [6.45, 7) is 2.21. The van der Waals surface area contributed by atoms with Crippen LogP contribution in [0.15, 0.2) is 42.5 Å². The molecule has 5 nitrogen and oxygen atoms in total. The van der Waals surface area contributed by atoms with Gasteiger partial charge in [-0.1, -0.05) is 29.8 Å². The van der Waals surface area contributed by atoms with Crippen LogP contribution >= 0.6 is 11.6 Å². The van der Waals surface area contributed by atoms with Gasteiger partial charge in [-0.25, -0.2) is 0 Å². The number of nitrogens with one attached hydrogen (secondary N) is 2. The molecular formula is C27H33ClF3N3O2. The lowest BCUT2D eigenvalue weighted by atomic mass is 9.80. The Labute approximate surface area is 215 Å². The third-order valence-electron chi connectivity index (χ3n) is 7.23. The number of benzene rings is 2. The highest BCUT2D eigenvalue weighted by atomic mass is 35.5. The maximum Gasteiger partial charge on any atom is 0.395 e. The lowest BCUT2D eigenvalue weighted by molar-refractivity contribution is -0.194. The zero-order valence-electron chi connectivity index (χ0n) is 21.0. The molecule has 0 unspecified atom stereocenters. The van der Waals surface area contributed by atoms with E-state index in [-0.39, 0.29) is 37.8 Å². The Balaban J connectivity index is 1.70. The summed E-state index contributed by atoms with van der Waals surface area (Å²) in [6, 6.07) is 11.7. The third-order valence-corrected chi connectivity index (χ3v) is 7.49. The zero-order chi connectivity index (χ0) is 26.7. The first kappa shape index (κ1) is 28.0. The van der Waals surface area contributed by atoms with Gasteiger partial charge in [0.25, 0.3) is 5.91 Å². The molecule has 2 aromatic rings. The second kappa shape index (κ2) is 11.2. The summed E-state index contributed by atoms with van der Waals surface area (Å²) in [5, 5.41) is 5.91. The fraction of sp³-hybridized carbons (Fsp3) is 0.481. The molecule has 0 spiro atoms. The molecule has 0 aromatic heterocycles. The lowest BCUT2D eigenvalue weighted by Crippen LogP contribution is -2.43. The van der Waals surface area contributed by atoms with Gasteiger partial charge < -0.3 is 15.5 Å². The van der Waals surface area contributed by atoms with Crippen molar-refractivity contribution in [3.8, 4) is 0 Å². The summed E-state index contributed by atoms with van der Waals surface area (Å²) in [5.41, 5.74) is 1.16. The molecule has 1 saturated carbocycles. The van der Waals surface area contributed by atoms with Crippen molar-refractivity contribution >= 4 is 23.4 Å². The molecule has 2 amide bonds. The molecule has 0 bridgehead atoms. The fourth-order valence-corrected chi connectivity index (χ4v) is 4.81. The van der Waals surface area contributed by atoms with E-state index in [9.17, 15) is 22.8 Å². The van der Waals surface area contributed by atoms with Crippen LogP contribution in [0.3, 0.4) is 0 Å². The van der Waals surface area contributed by atoms with Crippen LogP contribution < -0.4 is 10.6 Å². The van der Waals surface area contributed by atoms with Gasteiger partial charge in [-0.15, -0.1) is 0 Å². The Morgan fingerprint density at radius 1 is 1.11 bits per heavy atom. The molecule has 0 radical (unpaired) electrons. The Kier molecular flexibility index (Phi) is 8.72. The summed E-state index contributed by atoms with van der Waals surface area (Å²) >= 11 is 5.94. The minimum atomic E-state index is -4.39. The molecule has 0 saturated heterocycles. The highest BCUT2D eigenvalue weighted by Crippen LogP contribution is 2.66. The maximum absolute atomic E-state index is 14.0. The van der Waals surface area contributed by atoms with Crippen molar-refractivity contribution in [1.82, 2.24) is 15.5 Å². The smallest absolute Gasteiger partial charge is 0.355 e. The number of carbonyl (C=O) groups excluding carboxylic acids is 2. The Hall–Kier alpha value is -2.58. The summed E-state index contributed by atoms with van der Waals surface area (Å²) in [5.74, 6) is -1.54. The number of hydrogen-bond donors (Lipinski definition) is 2. The normalized spacial score (nSPS) is 16.4. The van der Waals surface area contributed by atoms with E-state index in [1.54, 1.807) is 37.4 Å². The van der Waals surface area contributed by atoms with E-state index in [4.69, 9.17) is 11.6 Å². The summed E-state index contributed by atoms with van der Waals surface area (Å²) < 4.78 is 41.9. The van der Waals surface area contributed by atoms with Crippen LogP contribution in [-0.2, 0) is 11.2 Å². The standard InChI is InChI=1S/C27H33ClF3N3O2/c1-17-13-20(25(36)32-2)6-5-19(17)14-22(34(3)4)16-33-24(35)15-23(18-7-9-21(28)10-8-18)26(11-12-26)27(29,30)31/h5-10,13,22-23H,11-12,14-16H2,1-4H3,(H,32,36)(H,33,35)/t22-,23-/m0/s1. The molecule has 1 aliphatic rings. The second-order valence-electron chi connectivity index (χ2n) is 9.81. The highest BCUT2D eigenvalue weighted by Gasteiger charge is 2.67. The van der Waals surface area contributed by atoms with Gasteiger partial charge in [0, 0.05) is 42.6 Å². The number of nitrogens with zero attached hydrogens (tertiary/aromatic N) is 1. The predicted molar refractivity (Wildman–Crippen MR) is 135 cm³/mol. The van der Waals surface area contributed by atoms with E-state index in [2.05, 4.69) is 10.6 Å². The number of carbonyl (C=O) groups is 2. The second-order valence-corrected chi connectivity index (χ2v) is 10.2. The summed E-state index contributed by atoms with van der Waals surface area (Å²) in [6.07, 6.45) is -3.99. The average Bonchev–Trinajstić information content (AvgIpc) is 3.63. The van der Waals surface area contributed by atoms with E-state index in [1.807, 2.05) is 38.1 Å². The SMILES string of the molecule is CNC(=O)c1ccc(C[C@@H](CNC(=O)C[C@@H](c2ccc(Cl)cc2)C2(C(F)(F)F)CC2)N(C)C)c(C)c1. The first-order chi connectivity index (χ1) is 16.9. The van der Waals surface area contributed by atoms with Crippen molar-refractivity contribution in [3.05, 3.63) is 69.7 Å². The quantitative estimate of drug-likeness (QED) is 0.455. The molecule has 2 aromatic carbocycles. The van der Waals surface area contributed by atoms with Crippen molar-refractivity contribution in [3.63, 3.8) is 0 Å². The number of hydrogen-bond acceptors (Lipinski definition) is 3. The first-order valence-electron chi connectivity index (χ1n) is 11.9. The molecule has 0 aliphatic heterocycles. The van der Waals surface area contributed by atoms with Crippen LogP contribution in [0.2, 0.25) is 5.02 Å². The first-order valence-corrected chi connectivity index (χ1v) is 12.3. The Morgan fingerprint density at radius 3 is 2.25 bits per heavy atom. The van der Waals surface area contributed by atoms with Crippen LogP contribution in [0.1, 0.15) is 52.2 Å². The van der Waals surface area contributed by atoms with Gasteiger partial charge in [0.05, 0.1) is 5.41 Å². The van der Waals surface area contributed by atoms with E-state index >= 15 is 0 Å². The molecule has 2 N–H and O–H groups in total. The Bertz CT molecular complexity index is 1080. The van der Waals surface area contributed by atoms with Gasteiger partial charge in [-0.3, -0.25) is 9.59 Å². The van der Waals surface area contributed by atoms with E-state index in [1.165, 1.54) is 0 Å². The monoisotopic (exact) mass is 523 g/mol. The topological polar surface area (TPSA) is 61.4 Å². The number of likely N-dealkylation sites (N-methyl/N-ethyl adjacent to an activating group) is 1. The number of rotatable bonds is 10. The number of aryl methyl sites for hydroxylation is 1. The van der Waals surface area contributed by atoms with Gasteiger partial charge in [-0.2, -0.15) is 13.2 Å².